The van der Waals surface area contributed by atoms with E-state index in [0.717, 1.165) is 5.56 Å². The van der Waals surface area contributed by atoms with Crippen LogP contribution in [0.4, 0.5) is 4.79 Å². The minimum atomic E-state index is -3.65. The lowest BCUT2D eigenvalue weighted by Crippen LogP contribution is -2.53. The highest BCUT2D eigenvalue weighted by molar-refractivity contribution is 7.89. The van der Waals surface area contributed by atoms with Crippen LogP contribution in [-0.2, 0) is 19.6 Å². The molecule has 37 heavy (non-hydrogen) atoms. The zero-order valence-corrected chi connectivity index (χ0v) is 22.5. The molecule has 11 heteroatoms. The number of urea groups is 1. The number of carbonyl (C=O) groups is 2. The summed E-state index contributed by atoms with van der Waals surface area (Å²) in [4.78, 5) is 30.1. The van der Waals surface area contributed by atoms with Crippen LogP contribution < -0.4 is 5.32 Å². The molecule has 198 valence electrons. The Labute approximate surface area is 222 Å². The van der Waals surface area contributed by atoms with E-state index in [9.17, 15) is 18.0 Å². The van der Waals surface area contributed by atoms with E-state index in [-0.39, 0.29) is 30.6 Å². The maximum Gasteiger partial charge on any atom is 0.338 e. The first-order valence-electron chi connectivity index (χ1n) is 12.3. The van der Waals surface area contributed by atoms with E-state index in [4.69, 9.17) is 16.3 Å². The summed E-state index contributed by atoms with van der Waals surface area (Å²) in [5.74, 6) is -0.478. The maximum absolute atomic E-state index is 13.2. The van der Waals surface area contributed by atoms with Crippen molar-refractivity contribution >= 4 is 33.6 Å². The zero-order valence-electron chi connectivity index (χ0n) is 20.9. The van der Waals surface area contributed by atoms with E-state index in [1.54, 1.807) is 24.0 Å². The van der Waals surface area contributed by atoms with E-state index in [1.165, 1.54) is 16.4 Å². The van der Waals surface area contributed by atoms with Crippen LogP contribution in [0.5, 0.6) is 0 Å². The highest BCUT2D eigenvalue weighted by Gasteiger charge is 2.39. The summed E-state index contributed by atoms with van der Waals surface area (Å²) in [5, 5.41) is 3.42. The van der Waals surface area contributed by atoms with Crippen molar-refractivity contribution in [1.29, 1.82) is 0 Å². The minimum Gasteiger partial charge on any atom is -0.463 e. The van der Waals surface area contributed by atoms with Crippen molar-refractivity contribution in [3.8, 4) is 0 Å². The standard InChI is InChI=1S/C26H31ClN4O5S/c1-3-31-22(23(25(32)36-4-2)24(28-26(31)33)19-8-6-5-7-9-19)18-29-14-16-30(17-15-29)37(34,35)21-12-10-20(27)11-13-21/h5-13,24H,3-4,14-18H2,1-2H3,(H,28,33)/t24-/m1/s1. The van der Waals surface area contributed by atoms with Crippen LogP contribution in [0.3, 0.4) is 0 Å². The third-order valence-electron chi connectivity index (χ3n) is 6.54. The molecule has 2 heterocycles. The third kappa shape index (κ3) is 5.82. The highest BCUT2D eigenvalue weighted by atomic mass is 35.5. The molecule has 0 bridgehead atoms. The Balaban J connectivity index is 1.60. The predicted molar refractivity (Wildman–Crippen MR) is 140 cm³/mol. The largest absolute Gasteiger partial charge is 0.463 e. The number of rotatable bonds is 8. The number of halogens is 1. The summed E-state index contributed by atoms with van der Waals surface area (Å²) in [5.41, 5.74) is 1.75. The fraction of sp³-hybridized carbons (Fsp3) is 0.385. The van der Waals surface area contributed by atoms with Crippen LogP contribution in [0.25, 0.3) is 0 Å². The monoisotopic (exact) mass is 546 g/mol. The quantitative estimate of drug-likeness (QED) is 0.510. The van der Waals surface area contributed by atoms with Crippen molar-refractivity contribution in [3.63, 3.8) is 0 Å². The van der Waals surface area contributed by atoms with E-state index in [1.807, 2.05) is 37.3 Å². The Kier molecular flexibility index (Phi) is 8.53. The molecular weight excluding hydrogens is 516 g/mol. The molecule has 2 amide bonds. The van der Waals surface area contributed by atoms with Crippen molar-refractivity contribution in [2.45, 2.75) is 24.8 Å². The van der Waals surface area contributed by atoms with Gasteiger partial charge in [0.2, 0.25) is 10.0 Å². The van der Waals surface area contributed by atoms with Gasteiger partial charge in [-0.15, -0.1) is 0 Å². The molecule has 0 unspecified atom stereocenters. The molecule has 4 rings (SSSR count). The number of nitrogens with zero attached hydrogens (tertiary/aromatic N) is 3. The average Bonchev–Trinajstić information content (AvgIpc) is 2.89. The Morgan fingerprint density at radius 3 is 2.27 bits per heavy atom. The van der Waals surface area contributed by atoms with Gasteiger partial charge in [-0.25, -0.2) is 18.0 Å². The fourth-order valence-electron chi connectivity index (χ4n) is 4.65. The lowest BCUT2D eigenvalue weighted by Gasteiger charge is -2.40. The number of esters is 1. The van der Waals surface area contributed by atoms with Crippen molar-refractivity contribution in [2.75, 3.05) is 45.9 Å². The molecule has 2 aromatic rings. The second kappa shape index (κ2) is 11.6. The molecule has 0 saturated carbocycles. The second-order valence-electron chi connectivity index (χ2n) is 8.75. The number of carbonyl (C=O) groups excluding carboxylic acids is 2. The third-order valence-corrected chi connectivity index (χ3v) is 8.70. The summed E-state index contributed by atoms with van der Waals surface area (Å²) in [7, 11) is -3.65. The number of hydrogen-bond donors (Lipinski definition) is 1. The summed E-state index contributed by atoms with van der Waals surface area (Å²) < 4.78 is 33.0. The van der Waals surface area contributed by atoms with Gasteiger partial charge >= 0.3 is 12.0 Å². The summed E-state index contributed by atoms with van der Waals surface area (Å²) >= 11 is 5.91. The molecule has 2 aliphatic rings. The number of sulfonamides is 1. The van der Waals surface area contributed by atoms with E-state index in [2.05, 4.69) is 10.2 Å². The van der Waals surface area contributed by atoms with Gasteiger partial charge in [0, 0.05) is 50.0 Å². The topological polar surface area (TPSA) is 99.3 Å². The molecule has 0 aromatic heterocycles. The number of amides is 2. The van der Waals surface area contributed by atoms with Gasteiger partial charge in [-0.1, -0.05) is 41.9 Å². The van der Waals surface area contributed by atoms with Gasteiger partial charge in [0.15, 0.2) is 0 Å². The molecule has 2 aliphatic heterocycles. The molecule has 1 saturated heterocycles. The molecule has 0 spiro atoms. The number of likely N-dealkylation sites (N-methyl/N-ethyl adjacent to an activating group) is 1. The number of piperazine rings is 1. The van der Waals surface area contributed by atoms with Crippen molar-refractivity contribution in [3.05, 3.63) is 76.5 Å². The van der Waals surface area contributed by atoms with Crippen LogP contribution >= 0.6 is 11.6 Å². The van der Waals surface area contributed by atoms with Gasteiger partial charge in [0.05, 0.1) is 23.1 Å². The number of nitrogens with one attached hydrogen (secondary N) is 1. The molecule has 1 N–H and O–H groups in total. The van der Waals surface area contributed by atoms with Crippen LogP contribution in [0.15, 0.2) is 70.8 Å². The van der Waals surface area contributed by atoms with Gasteiger partial charge < -0.3 is 10.1 Å². The van der Waals surface area contributed by atoms with Crippen molar-refractivity contribution < 1.29 is 22.7 Å². The fourth-order valence-corrected chi connectivity index (χ4v) is 6.20. The molecule has 9 nitrogen and oxygen atoms in total. The Hall–Kier alpha value is -2.92. The first-order chi connectivity index (χ1) is 17.8. The molecule has 2 aromatic carbocycles. The van der Waals surface area contributed by atoms with Crippen molar-refractivity contribution in [2.24, 2.45) is 0 Å². The molecule has 0 radical (unpaired) electrons. The lowest BCUT2D eigenvalue weighted by molar-refractivity contribution is -0.139. The van der Waals surface area contributed by atoms with Gasteiger partial charge in [-0.3, -0.25) is 9.80 Å². The number of benzene rings is 2. The second-order valence-corrected chi connectivity index (χ2v) is 11.1. The van der Waals surface area contributed by atoms with Crippen LogP contribution in [0, 0.1) is 0 Å². The molecule has 1 atom stereocenters. The predicted octanol–water partition coefficient (Wildman–Crippen LogP) is 3.25. The van der Waals surface area contributed by atoms with Crippen molar-refractivity contribution in [1.82, 2.24) is 19.4 Å². The zero-order chi connectivity index (χ0) is 26.6. The summed E-state index contributed by atoms with van der Waals surface area (Å²) in [6.07, 6.45) is 0. The maximum atomic E-state index is 13.2. The van der Waals surface area contributed by atoms with E-state index < -0.39 is 22.0 Å². The highest BCUT2D eigenvalue weighted by Crippen LogP contribution is 2.32. The van der Waals surface area contributed by atoms with Crippen LogP contribution in [0.1, 0.15) is 25.5 Å². The Morgan fingerprint density at radius 2 is 1.68 bits per heavy atom. The first-order valence-corrected chi connectivity index (χ1v) is 14.1. The minimum absolute atomic E-state index is 0.199. The van der Waals surface area contributed by atoms with E-state index in [0.29, 0.717) is 42.5 Å². The SMILES string of the molecule is CCOC(=O)C1=C(CN2CCN(S(=O)(=O)c3ccc(Cl)cc3)CC2)N(CC)C(=O)N[C@@H]1c1ccccc1. The van der Waals surface area contributed by atoms with Crippen LogP contribution in [-0.4, -0.2) is 80.4 Å². The molecule has 0 aliphatic carbocycles. The van der Waals surface area contributed by atoms with Gasteiger partial charge in [-0.2, -0.15) is 4.31 Å². The van der Waals surface area contributed by atoms with Crippen LogP contribution in [0.2, 0.25) is 5.02 Å². The normalized spacial score (nSPS) is 19.6. The summed E-state index contributed by atoms with van der Waals surface area (Å²) in [6.45, 7) is 5.95. The first kappa shape index (κ1) is 27.1. The Bertz CT molecular complexity index is 1260. The molecule has 1 fully saturated rings. The number of hydrogen-bond acceptors (Lipinski definition) is 6. The summed E-state index contributed by atoms with van der Waals surface area (Å²) in [6, 6.07) is 14.5. The smallest absolute Gasteiger partial charge is 0.338 e. The lowest BCUT2D eigenvalue weighted by atomic mass is 9.94. The van der Waals surface area contributed by atoms with Gasteiger partial charge in [0.25, 0.3) is 0 Å². The number of ether oxygens (including phenoxy) is 1. The Morgan fingerprint density at radius 1 is 1.03 bits per heavy atom. The van der Waals surface area contributed by atoms with Gasteiger partial charge in [-0.05, 0) is 43.7 Å². The van der Waals surface area contributed by atoms with Gasteiger partial charge in [0.1, 0.15) is 0 Å². The average molecular weight is 547 g/mol. The molecular formula is C26H31ClN4O5S. The van der Waals surface area contributed by atoms with E-state index >= 15 is 0 Å².